The first-order valence-corrected chi connectivity index (χ1v) is 8.48. The average molecular weight is 320 g/mol. The molecule has 6 heteroatoms. The molecule has 23 heavy (non-hydrogen) atoms. The smallest absolute Gasteiger partial charge is 0.319 e. The lowest BCUT2D eigenvalue weighted by atomic mass is 10.0. The number of urea groups is 1. The van der Waals surface area contributed by atoms with E-state index in [1.807, 2.05) is 0 Å². The number of carbonyl (C=O) groups is 1. The number of methoxy groups -OCH3 is 1. The summed E-state index contributed by atoms with van der Waals surface area (Å²) in [6, 6.07) is 4.00. The van der Waals surface area contributed by atoms with Crippen molar-refractivity contribution in [1.29, 1.82) is 0 Å². The number of anilines is 1. The molecule has 1 atom stereocenters. The van der Waals surface area contributed by atoms with Gasteiger partial charge in [-0.2, -0.15) is 0 Å². The molecule has 0 aliphatic carbocycles. The molecule has 0 spiro atoms. The molecule has 1 saturated heterocycles. The SMILES string of the molecule is COc1ccc(NC(=O)NCCCCN2CCCCC2C)cn1. The summed E-state index contributed by atoms with van der Waals surface area (Å²) in [6.45, 7) is 5.36. The van der Waals surface area contributed by atoms with Gasteiger partial charge in [-0.25, -0.2) is 9.78 Å². The molecule has 0 saturated carbocycles. The summed E-state index contributed by atoms with van der Waals surface area (Å²) in [5.41, 5.74) is 0.658. The second-order valence-electron chi connectivity index (χ2n) is 6.06. The molecule has 1 aliphatic rings. The summed E-state index contributed by atoms with van der Waals surface area (Å²) in [6.07, 6.45) is 7.69. The highest BCUT2D eigenvalue weighted by atomic mass is 16.5. The van der Waals surface area contributed by atoms with E-state index in [1.165, 1.54) is 25.8 Å². The van der Waals surface area contributed by atoms with Crippen LogP contribution in [-0.4, -0.2) is 48.7 Å². The molecule has 0 aromatic carbocycles. The van der Waals surface area contributed by atoms with Crippen LogP contribution >= 0.6 is 0 Å². The molecule has 1 unspecified atom stereocenters. The van der Waals surface area contributed by atoms with E-state index in [-0.39, 0.29) is 6.03 Å². The van der Waals surface area contributed by atoms with Gasteiger partial charge < -0.3 is 20.3 Å². The van der Waals surface area contributed by atoms with Crippen LogP contribution in [0.2, 0.25) is 0 Å². The number of amides is 2. The number of likely N-dealkylation sites (tertiary alicyclic amines) is 1. The van der Waals surface area contributed by atoms with E-state index in [1.54, 1.807) is 25.4 Å². The molecule has 1 fully saturated rings. The molecular weight excluding hydrogens is 292 g/mol. The topological polar surface area (TPSA) is 66.5 Å². The minimum absolute atomic E-state index is 0.191. The van der Waals surface area contributed by atoms with Gasteiger partial charge in [-0.05, 0) is 51.8 Å². The van der Waals surface area contributed by atoms with Crippen molar-refractivity contribution in [3.63, 3.8) is 0 Å². The lowest BCUT2D eigenvalue weighted by Gasteiger charge is -2.33. The van der Waals surface area contributed by atoms with Crippen molar-refractivity contribution in [2.75, 3.05) is 32.1 Å². The quantitative estimate of drug-likeness (QED) is 0.758. The first kappa shape index (κ1) is 17.5. The number of hydrogen-bond donors (Lipinski definition) is 2. The van der Waals surface area contributed by atoms with E-state index in [9.17, 15) is 4.79 Å². The molecular formula is C17H28N4O2. The molecule has 2 heterocycles. The van der Waals surface area contributed by atoms with Crippen molar-refractivity contribution < 1.29 is 9.53 Å². The van der Waals surface area contributed by atoms with Gasteiger partial charge in [-0.3, -0.25) is 0 Å². The first-order valence-electron chi connectivity index (χ1n) is 8.48. The third-order valence-corrected chi connectivity index (χ3v) is 4.30. The number of nitrogens with one attached hydrogen (secondary N) is 2. The Balaban J connectivity index is 1.57. The monoisotopic (exact) mass is 320 g/mol. The highest BCUT2D eigenvalue weighted by Gasteiger charge is 2.16. The van der Waals surface area contributed by atoms with Crippen LogP contribution in [0.4, 0.5) is 10.5 Å². The minimum atomic E-state index is -0.191. The molecule has 0 bridgehead atoms. The predicted octanol–water partition coefficient (Wildman–Crippen LogP) is 2.87. The van der Waals surface area contributed by atoms with Crippen molar-refractivity contribution in [3.8, 4) is 5.88 Å². The van der Waals surface area contributed by atoms with Crippen LogP contribution in [0.5, 0.6) is 5.88 Å². The maximum absolute atomic E-state index is 11.8. The molecule has 1 aromatic heterocycles. The van der Waals surface area contributed by atoms with Crippen LogP contribution in [-0.2, 0) is 0 Å². The number of rotatable bonds is 7. The fraction of sp³-hybridized carbons (Fsp3) is 0.647. The second kappa shape index (κ2) is 9.35. The van der Waals surface area contributed by atoms with Gasteiger partial charge in [0.25, 0.3) is 0 Å². The lowest BCUT2D eigenvalue weighted by molar-refractivity contribution is 0.158. The first-order chi connectivity index (χ1) is 11.2. The number of nitrogens with zero attached hydrogens (tertiary/aromatic N) is 2. The van der Waals surface area contributed by atoms with E-state index in [0.29, 0.717) is 24.2 Å². The molecule has 128 valence electrons. The fourth-order valence-electron chi connectivity index (χ4n) is 2.88. The standard InChI is InChI=1S/C17H28N4O2/c1-14-7-3-5-11-21(14)12-6-4-10-18-17(22)20-15-8-9-16(23-2)19-13-15/h8-9,13-14H,3-7,10-12H2,1-2H3,(H2,18,20,22). The van der Waals surface area contributed by atoms with Crippen LogP contribution in [0.3, 0.4) is 0 Å². The predicted molar refractivity (Wildman–Crippen MR) is 91.9 cm³/mol. The van der Waals surface area contributed by atoms with Crippen molar-refractivity contribution in [2.45, 2.75) is 45.1 Å². The number of hydrogen-bond acceptors (Lipinski definition) is 4. The lowest BCUT2D eigenvalue weighted by Crippen LogP contribution is -2.38. The van der Waals surface area contributed by atoms with E-state index in [4.69, 9.17) is 4.74 Å². The summed E-state index contributed by atoms with van der Waals surface area (Å²) in [5, 5.41) is 5.64. The summed E-state index contributed by atoms with van der Waals surface area (Å²) >= 11 is 0. The minimum Gasteiger partial charge on any atom is -0.481 e. The zero-order valence-corrected chi connectivity index (χ0v) is 14.2. The average Bonchev–Trinajstić information content (AvgIpc) is 2.57. The van der Waals surface area contributed by atoms with Crippen molar-refractivity contribution in [1.82, 2.24) is 15.2 Å². The molecule has 2 N–H and O–H groups in total. The Morgan fingerprint density at radius 3 is 2.96 bits per heavy atom. The maximum atomic E-state index is 11.8. The summed E-state index contributed by atoms with van der Waals surface area (Å²) in [4.78, 5) is 18.4. The van der Waals surface area contributed by atoms with E-state index in [0.717, 1.165) is 19.4 Å². The van der Waals surface area contributed by atoms with Crippen molar-refractivity contribution in [2.24, 2.45) is 0 Å². The van der Waals surface area contributed by atoms with E-state index < -0.39 is 0 Å². The molecule has 2 amide bonds. The molecule has 1 aromatic rings. The van der Waals surface area contributed by atoms with Gasteiger partial charge in [0.15, 0.2) is 0 Å². The number of unbranched alkanes of at least 4 members (excludes halogenated alkanes) is 1. The summed E-state index contributed by atoms with van der Waals surface area (Å²) in [5.74, 6) is 0.530. The van der Waals surface area contributed by atoms with Crippen LogP contribution < -0.4 is 15.4 Å². The third kappa shape index (κ3) is 6.06. The number of pyridine rings is 1. The van der Waals surface area contributed by atoms with Gasteiger partial charge in [-0.15, -0.1) is 0 Å². The maximum Gasteiger partial charge on any atom is 0.319 e. The van der Waals surface area contributed by atoms with Crippen LogP contribution in [0.25, 0.3) is 0 Å². The number of ether oxygens (including phenoxy) is 1. The number of piperidine rings is 1. The Hall–Kier alpha value is -1.82. The van der Waals surface area contributed by atoms with Gasteiger partial charge in [0, 0.05) is 18.7 Å². The van der Waals surface area contributed by atoms with Crippen LogP contribution in [0.1, 0.15) is 39.0 Å². The zero-order valence-electron chi connectivity index (χ0n) is 14.2. The number of carbonyl (C=O) groups excluding carboxylic acids is 1. The summed E-state index contributed by atoms with van der Waals surface area (Å²) < 4.78 is 4.98. The van der Waals surface area contributed by atoms with Gasteiger partial charge in [0.1, 0.15) is 0 Å². The third-order valence-electron chi connectivity index (χ3n) is 4.30. The highest BCUT2D eigenvalue weighted by Crippen LogP contribution is 2.16. The van der Waals surface area contributed by atoms with Gasteiger partial charge in [0.2, 0.25) is 5.88 Å². The van der Waals surface area contributed by atoms with Gasteiger partial charge >= 0.3 is 6.03 Å². The van der Waals surface area contributed by atoms with E-state index >= 15 is 0 Å². The normalized spacial score (nSPS) is 18.4. The Kier molecular flexibility index (Phi) is 7.13. The molecule has 2 rings (SSSR count). The fourth-order valence-corrected chi connectivity index (χ4v) is 2.88. The zero-order chi connectivity index (χ0) is 16.5. The van der Waals surface area contributed by atoms with Gasteiger partial charge in [-0.1, -0.05) is 6.42 Å². The Morgan fingerprint density at radius 1 is 1.39 bits per heavy atom. The largest absolute Gasteiger partial charge is 0.481 e. The second-order valence-corrected chi connectivity index (χ2v) is 6.06. The van der Waals surface area contributed by atoms with Gasteiger partial charge in [0.05, 0.1) is 19.0 Å². The summed E-state index contributed by atoms with van der Waals surface area (Å²) in [7, 11) is 1.56. The number of aromatic nitrogens is 1. The highest BCUT2D eigenvalue weighted by molar-refractivity contribution is 5.88. The Morgan fingerprint density at radius 2 is 2.26 bits per heavy atom. The molecule has 1 aliphatic heterocycles. The molecule has 0 radical (unpaired) electrons. The van der Waals surface area contributed by atoms with Crippen molar-refractivity contribution in [3.05, 3.63) is 18.3 Å². The Bertz CT molecular complexity index is 478. The Labute approximate surface area is 138 Å². The van der Waals surface area contributed by atoms with Crippen LogP contribution in [0, 0.1) is 0 Å². The molecule has 6 nitrogen and oxygen atoms in total. The van der Waals surface area contributed by atoms with E-state index in [2.05, 4.69) is 27.4 Å². The van der Waals surface area contributed by atoms with Crippen molar-refractivity contribution >= 4 is 11.7 Å². The van der Waals surface area contributed by atoms with Crippen LogP contribution in [0.15, 0.2) is 18.3 Å².